The number of piperidine rings is 1. The maximum Gasteiger partial charge on any atom is 0.257 e. The summed E-state index contributed by atoms with van der Waals surface area (Å²) >= 11 is 0. The average Bonchev–Trinajstić information content (AvgIpc) is 3.23. The molecule has 3 heterocycles. The van der Waals surface area contributed by atoms with E-state index in [0.29, 0.717) is 36.0 Å². The van der Waals surface area contributed by atoms with E-state index in [4.69, 9.17) is 4.52 Å². The minimum absolute atomic E-state index is 0.0429. The number of fused-ring (bicyclic) bond motifs is 1. The molecule has 0 aliphatic carbocycles. The first-order valence-electron chi connectivity index (χ1n) is 12.4. The number of hydrogen-bond donors (Lipinski definition) is 1. The lowest BCUT2D eigenvalue weighted by atomic mass is 9.90. The van der Waals surface area contributed by atoms with Crippen LogP contribution < -0.4 is 5.56 Å². The number of halogens is 1. The summed E-state index contributed by atoms with van der Waals surface area (Å²) in [6.45, 7) is 12.7. The Morgan fingerprint density at radius 3 is 2.59 bits per heavy atom. The maximum absolute atomic E-state index is 13.4. The normalized spacial score (nSPS) is 21.2. The van der Waals surface area contributed by atoms with E-state index < -0.39 is 6.10 Å². The van der Waals surface area contributed by atoms with Gasteiger partial charge in [0.2, 0.25) is 0 Å². The van der Waals surface area contributed by atoms with E-state index in [2.05, 4.69) is 17.2 Å². The fraction of sp³-hybridized carbons (Fsp3) is 0.577. The molecule has 3 aromatic rings. The van der Waals surface area contributed by atoms with Crippen LogP contribution in [0.4, 0.5) is 4.39 Å². The van der Waals surface area contributed by atoms with Crippen molar-refractivity contribution in [2.45, 2.75) is 72.4 Å². The molecule has 34 heavy (non-hydrogen) atoms. The van der Waals surface area contributed by atoms with Crippen molar-refractivity contribution in [1.29, 1.82) is 0 Å². The number of likely N-dealkylation sites (N-methyl/N-ethyl adjacent to an activating group) is 1. The molecule has 1 aliphatic rings. The average molecular weight is 474 g/mol. The van der Waals surface area contributed by atoms with Crippen molar-refractivity contribution in [2.75, 3.05) is 26.7 Å². The van der Waals surface area contributed by atoms with Gasteiger partial charge in [0.1, 0.15) is 17.7 Å². The van der Waals surface area contributed by atoms with Gasteiger partial charge in [-0.3, -0.25) is 9.36 Å². The first-order valence-corrected chi connectivity index (χ1v) is 12.4. The monoisotopic (exact) mass is 473 g/mol. The Kier molecular flexibility index (Phi) is 8.25. The number of aromatic nitrogens is 3. The molecular weight excluding hydrogens is 435 g/mol. The number of rotatable bonds is 6. The molecule has 7 nitrogen and oxygen atoms in total. The summed E-state index contributed by atoms with van der Waals surface area (Å²) in [6.07, 6.45) is 1.81. The molecule has 8 heteroatoms. The molecule has 1 saturated heterocycles. The zero-order valence-corrected chi connectivity index (χ0v) is 21.3. The highest BCUT2D eigenvalue weighted by Gasteiger charge is 2.33. The minimum atomic E-state index is -0.775. The van der Waals surface area contributed by atoms with E-state index in [1.165, 1.54) is 12.1 Å². The van der Waals surface area contributed by atoms with Crippen molar-refractivity contribution in [2.24, 2.45) is 0 Å². The second-order valence-electron chi connectivity index (χ2n) is 9.28. The molecule has 1 aromatic carbocycles. The summed E-state index contributed by atoms with van der Waals surface area (Å²) in [5.41, 5.74) is 2.82. The van der Waals surface area contributed by atoms with E-state index in [-0.39, 0.29) is 11.4 Å². The van der Waals surface area contributed by atoms with Crippen LogP contribution in [0.2, 0.25) is 0 Å². The summed E-state index contributed by atoms with van der Waals surface area (Å²) in [7, 11) is 2.23. The van der Waals surface area contributed by atoms with Gasteiger partial charge in [-0.05, 0) is 32.9 Å². The highest BCUT2D eigenvalue weighted by atomic mass is 19.1. The van der Waals surface area contributed by atoms with Crippen LogP contribution in [0.5, 0.6) is 0 Å². The van der Waals surface area contributed by atoms with Gasteiger partial charge in [-0.25, -0.2) is 9.37 Å². The van der Waals surface area contributed by atoms with Crippen LogP contribution in [0.25, 0.3) is 11.0 Å². The van der Waals surface area contributed by atoms with E-state index in [1.807, 2.05) is 27.7 Å². The topological polar surface area (TPSA) is 81.2 Å². The van der Waals surface area contributed by atoms with Gasteiger partial charge in [0.25, 0.3) is 5.56 Å². The van der Waals surface area contributed by atoms with Crippen LogP contribution in [-0.4, -0.2) is 51.0 Å². The van der Waals surface area contributed by atoms with Crippen molar-refractivity contribution in [1.82, 2.24) is 14.7 Å². The Bertz CT molecular complexity index is 1180. The molecule has 2 aromatic heterocycles. The fourth-order valence-corrected chi connectivity index (χ4v) is 4.93. The van der Waals surface area contributed by atoms with Crippen molar-refractivity contribution < 1.29 is 18.5 Å². The van der Waals surface area contributed by atoms with Gasteiger partial charge in [-0.1, -0.05) is 19.0 Å². The SMILES string of the molecule is CC.CCn1c(C(C)O)nc(C)c(CC[N+]2(C)CCC(c3noc4cc(F)ccc34)CC2)c1=O. The van der Waals surface area contributed by atoms with Crippen LogP contribution in [-0.2, 0) is 13.0 Å². The number of nitrogens with zero attached hydrogens (tertiary/aromatic N) is 4. The molecule has 186 valence electrons. The quantitative estimate of drug-likeness (QED) is 0.533. The van der Waals surface area contributed by atoms with Gasteiger partial charge in [-0.15, -0.1) is 0 Å². The van der Waals surface area contributed by atoms with E-state index in [0.717, 1.165) is 53.6 Å². The molecule has 0 saturated carbocycles. The van der Waals surface area contributed by atoms with Gasteiger partial charge in [0.15, 0.2) is 5.58 Å². The molecule has 0 spiro atoms. The number of aliphatic hydroxyl groups is 1. The lowest BCUT2D eigenvalue weighted by molar-refractivity contribution is -0.914. The van der Waals surface area contributed by atoms with Crippen LogP contribution in [0, 0.1) is 12.7 Å². The Labute approximate surface area is 200 Å². The smallest absolute Gasteiger partial charge is 0.257 e. The zero-order valence-electron chi connectivity index (χ0n) is 21.3. The zero-order chi connectivity index (χ0) is 25.0. The second kappa shape index (κ2) is 10.8. The summed E-state index contributed by atoms with van der Waals surface area (Å²) < 4.78 is 21.3. The lowest BCUT2D eigenvalue weighted by Crippen LogP contribution is -2.51. The summed E-state index contributed by atoms with van der Waals surface area (Å²) in [5.74, 6) is 0.403. The number of benzene rings is 1. The summed E-state index contributed by atoms with van der Waals surface area (Å²) in [4.78, 5) is 17.6. The third kappa shape index (κ3) is 5.23. The molecule has 0 amide bonds. The summed E-state index contributed by atoms with van der Waals surface area (Å²) in [6, 6.07) is 4.59. The lowest BCUT2D eigenvalue weighted by Gasteiger charge is -2.40. The first kappa shape index (κ1) is 26.0. The molecule has 1 atom stereocenters. The van der Waals surface area contributed by atoms with Crippen LogP contribution in [0.3, 0.4) is 0 Å². The predicted octanol–water partition coefficient (Wildman–Crippen LogP) is 4.50. The number of quaternary nitrogens is 1. The van der Waals surface area contributed by atoms with Crippen LogP contribution in [0.1, 0.15) is 75.3 Å². The molecule has 4 rings (SSSR count). The highest BCUT2D eigenvalue weighted by molar-refractivity contribution is 5.79. The summed E-state index contributed by atoms with van der Waals surface area (Å²) in [5, 5.41) is 15.1. The number of aliphatic hydroxyl groups excluding tert-OH is 1. The second-order valence-corrected chi connectivity index (χ2v) is 9.28. The molecule has 1 unspecified atom stereocenters. The van der Waals surface area contributed by atoms with E-state index in [1.54, 1.807) is 17.6 Å². The number of aryl methyl sites for hydroxylation is 1. The third-order valence-electron chi connectivity index (χ3n) is 6.97. The molecule has 0 bridgehead atoms. The maximum atomic E-state index is 13.4. The Morgan fingerprint density at radius 2 is 1.97 bits per heavy atom. The van der Waals surface area contributed by atoms with Crippen molar-refractivity contribution in [3.05, 3.63) is 57.1 Å². The standard InChI is InChI=1S/C24H32FN4O3.C2H6/c1-5-28-23(16(3)30)26-15(2)19(24(28)31)10-13-29(4)11-8-17(9-12-29)22-20-7-6-18(25)14-21(20)32-27-22;1-2/h6-7,14,16-17,30H,5,8-13H2,1-4H3;1-2H3/q+1;. The van der Waals surface area contributed by atoms with Crippen LogP contribution >= 0.6 is 0 Å². The molecule has 1 fully saturated rings. The van der Waals surface area contributed by atoms with E-state index in [9.17, 15) is 14.3 Å². The Balaban J connectivity index is 0.00000158. The van der Waals surface area contributed by atoms with Gasteiger partial charge < -0.3 is 14.1 Å². The fourth-order valence-electron chi connectivity index (χ4n) is 4.93. The van der Waals surface area contributed by atoms with Crippen molar-refractivity contribution >= 4 is 11.0 Å². The Hall–Kier alpha value is -2.58. The molecule has 1 aliphatic heterocycles. The molecular formula is C26H38FN4O3+. The van der Waals surface area contributed by atoms with Gasteiger partial charge >= 0.3 is 0 Å². The van der Waals surface area contributed by atoms with Crippen molar-refractivity contribution in [3.63, 3.8) is 0 Å². The van der Waals surface area contributed by atoms with Crippen molar-refractivity contribution in [3.8, 4) is 0 Å². The largest absolute Gasteiger partial charge is 0.385 e. The van der Waals surface area contributed by atoms with Gasteiger partial charge in [0.05, 0.1) is 32.4 Å². The predicted molar refractivity (Wildman–Crippen MR) is 131 cm³/mol. The minimum Gasteiger partial charge on any atom is -0.385 e. The first-order chi connectivity index (χ1) is 16.2. The highest BCUT2D eigenvalue weighted by Crippen LogP contribution is 2.34. The molecule has 0 radical (unpaired) electrons. The van der Waals surface area contributed by atoms with Crippen LogP contribution in [0.15, 0.2) is 27.5 Å². The molecule has 1 N–H and O–H groups in total. The third-order valence-corrected chi connectivity index (χ3v) is 6.97. The number of likely N-dealkylation sites (tertiary alicyclic amines) is 1. The Morgan fingerprint density at radius 1 is 1.29 bits per heavy atom. The van der Waals surface area contributed by atoms with Gasteiger partial charge in [-0.2, -0.15) is 0 Å². The van der Waals surface area contributed by atoms with E-state index >= 15 is 0 Å². The number of hydrogen-bond acceptors (Lipinski definition) is 5. The van der Waals surface area contributed by atoms with Gasteiger partial charge in [0, 0.05) is 54.4 Å².